The standard InChI is InChI=1S/C18H35NO6/c1-3-4-5-6-7-8-9-10-11-24-18-15(19-13(2)21)17(23)16(22)14(12-20)25-18/h14-18,20,22-23H,3-12H2,1-2H3,(H,19,21)/t14-,15-,16-,17-,18-/m0/s1. The Hall–Kier alpha value is -0.730. The molecule has 7 nitrogen and oxygen atoms in total. The van der Waals surface area contributed by atoms with Crippen molar-refractivity contribution < 1.29 is 29.6 Å². The van der Waals surface area contributed by atoms with E-state index in [0.717, 1.165) is 19.3 Å². The Bertz CT molecular complexity index is 367. The Balaban J connectivity index is 2.33. The summed E-state index contributed by atoms with van der Waals surface area (Å²) in [5, 5.41) is 31.9. The summed E-state index contributed by atoms with van der Waals surface area (Å²) in [5.74, 6) is -0.344. The van der Waals surface area contributed by atoms with Crippen LogP contribution in [0, 0.1) is 0 Å². The fourth-order valence-corrected chi connectivity index (χ4v) is 3.05. The number of hydrogen-bond acceptors (Lipinski definition) is 6. The van der Waals surface area contributed by atoms with Gasteiger partial charge in [-0.2, -0.15) is 0 Å². The molecule has 0 aromatic carbocycles. The monoisotopic (exact) mass is 361 g/mol. The molecule has 1 amide bonds. The first-order valence-corrected chi connectivity index (χ1v) is 9.52. The Morgan fingerprint density at radius 2 is 1.64 bits per heavy atom. The molecule has 0 unspecified atom stereocenters. The second kappa shape index (κ2) is 12.6. The summed E-state index contributed by atoms with van der Waals surface area (Å²) in [5.41, 5.74) is 0. The van der Waals surface area contributed by atoms with Gasteiger partial charge in [-0.15, -0.1) is 0 Å². The third-order valence-electron chi connectivity index (χ3n) is 4.53. The maximum atomic E-state index is 11.3. The molecule has 1 aliphatic rings. The van der Waals surface area contributed by atoms with Crippen molar-refractivity contribution >= 4 is 5.91 Å². The van der Waals surface area contributed by atoms with Crippen molar-refractivity contribution in [3.8, 4) is 0 Å². The van der Waals surface area contributed by atoms with Crippen LogP contribution in [0.3, 0.4) is 0 Å². The quantitative estimate of drug-likeness (QED) is 0.388. The van der Waals surface area contributed by atoms with Gasteiger partial charge in [-0.1, -0.05) is 51.9 Å². The molecular formula is C18H35NO6. The highest BCUT2D eigenvalue weighted by Crippen LogP contribution is 2.22. The molecule has 0 aromatic rings. The summed E-state index contributed by atoms with van der Waals surface area (Å²) in [7, 11) is 0. The molecule has 1 fully saturated rings. The highest BCUT2D eigenvalue weighted by atomic mass is 16.7. The summed E-state index contributed by atoms with van der Waals surface area (Å²) in [6.07, 6.45) is 5.09. The fraction of sp³-hybridized carbons (Fsp3) is 0.944. The lowest BCUT2D eigenvalue weighted by molar-refractivity contribution is -0.270. The summed E-state index contributed by atoms with van der Waals surface area (Å²) >= 11 is 0. The van der Waals surface area contributed by atoms with E-state index < -0.39 is 37.3 Å². The largest absolute Gasteiger partial charge is 0.394 e. The van der Waals surface area contributed by atoms with Crippen LogP contribution in [-0.2, 0) is 14.3 Å². The number of amides is 1. The van der Waals surface area contributed by atoms with E-state index in [1.165, 1.54) is 39.0 Å². The number of ether oxygens (including phenoxy) is 2. The fourth-order valence-electron chi connectivity index (χ4n) is 3.05. The Morgan fingerprint density at radius 1 is 1.04 bits per heavy atom. The average Bonchev–Trinajstić information content (AvgIpc) is 2.59. The molecule has 0 saturated carbocycles. The van der Waals surface area contributed by atoms with E-state index in [2.05, 4.69) is 12.2 Å². The van der Waals surface area contributed by atoms with Crippen LogP contribution in [0.5, 0.6) is 0 Å². The van der Waals surface area contributed by atoms with Crippen LogP contribution in [0.4, 0.5) is 0 Å². The number of carbonyl (C=O) groups excluding carboxylic acids is 1. The van der Waals surface area contributed by atoms with Gasteiger partial charge in [-0.3, -0.25) is 4.79 Å². The second-order valence-corrected chi connectivity index (χ2v) is 6.78. The maximum absolute atomic E-state index is 11.3. The molecular weight excluding hydrogens is 326 g/mol. The van der Waals surface area contributed by atoms with E-state index >= 15 is 0 Å². The third kappa shape index (κ3) is 8.00. The van der Waals surface area contributed by atoms with Crippen molar-refractivity contribution in [1.29, 1.82) is 0 Å². The SMILES string of the molecule is CCCCCCCCCCO[C@H]1O[C@@H](CO)[C@H](O)[C@@H](O)[C@@H]1NC(C)=O. The van der Waals surface area contributed by atoms with Crippen molar-refractivity contribution in [1.82, 2.24) is 5.32 Å². The smallest absolute Gasteiger partial charge is 0.217 e. The number of carbonyl (C=O) groups is 1. The van der Waals surface area contributed by atoms with Gasteiger partial charge in [0.2, 0.25) is 5.91 Å². The lowest BCUT2D eigenvalue weighted by Crippen LogP contribution is -2.64. The number of unbranched alkanes of at least 4 members (excludes halogenated alkanes) is 7. The maximum Gasteiger partial charge on any atom is 0.217 e. The van der Waals surface area contributed by atoms with Crippen LogP contribution in [0.15, 0.2) is 0 Å². The third-order valence-corrected chi connectivity index (χ3v) is 4.53. The Kier molecular flexibility index (Phi) is 11.2. The van der Waals surface area contributed by atoms with Gasteiger partial charge in [0, 0.05) is 13.5 Å². The van der Waals surface area contributed by atoms with E-state index in [1.807, 2.05) is 0 Å². The minimum absolute atomic E-state index is 0.344. The highest BCUT2D eigenvalue weighted by Gasteiger charge is 2.45. The van der Waals surface area contributed by atoms with Crippen LogP contribution < -0.4 is 5.32 Å². The van der Waals surface area contributed by atoms with Gasteiger partial charge in [0.25, 0.3) is 0 Å². The molecule has 0 bridgehead atoms. The second-order valence-electron chi connectivity index (χ2n) is 6.78. The molecule has 1 heterocycles. The van der Waals surface area contributed by atoms with E-state index in [0.29, 0.717) is 6.61 Å². The number of rotatable bonds is 12. The molecule has 0 aromatic heterocycles. The Morgan fingerprint density at radius 3 is 2.20 bits per heavy atom. The molecule has 7 heteroatoms. The molecule has 148 valence electrons. The zero-order valence-corrected chi connectivity index (χ0v) is 15.5. The van der Waals surface area contributed by atoms with Crippen LogP contribution in [0.25, 0.3) is 0 Å². The van der Waals surface area contributed by atoms with Gasteiger partial charge in [-0.05, 0) is 6.42 Å². The predicted molar refractivity (Wildman–Crippen MR) is 93.9 cm³/mol. The minimum Gasteiger partial charge on any atom is -0.394 e. The first-order chi connectivity index (χ1) is 12.0. The lowest BCUT2D eigenvalue weighted by atomic mass is 9.97. The van der Waals surface area contributed by atoms with E-state index in [4.69, 9.17) is 9.47 Å². The first-order valence-electron chi connectivity index (χ1n) is 9.52. The normalized spacial score (nSPS) is 29.6. The van der Waals surface area contributed by atoms with E-state index in [9.17, 15) is 20.1 Å². The molecule has 4 N–H and O–H groups in total. The van der Waals surface area contributed by atoms with Gasteiger partial charge >= 0.3 is 0 Å². The molecule has 0 radical (unpaired) electrons. The Labute approximate surface area is 150 Å². The number of aliphatic hydroxyl groups is 3. The van der Waals surface area contributed by atoms with E-state index in [1.54, 1.807) is 0 Å². The van der Waals surface area contributed by atoms with E-state index in [-0.39, 0.29) is 5.91 Å². The zero-order valence-electron chi connectivity index (χ0n) is 15.5. The van der Waals surface area contributed by atoms with Crippen molar-refractivity contribution in [2.24, 2.45) is 0 Å². The van der Waals surface area contributed by atoms with Gasteiger partial charge in [0.15, 0.2) is 6.29 Å². The van der Waals surface area contributed by atoms with Crippen LogP contribution in [0.1, 0.15) is 65.2 Å². The van der Waals surface area contributed by atoms with Crippen molar-refractivity contribution in [2.45, 2.75) is 95.9 Å². The van der Waals surface area contributed by atoms with Gasteiger partial charge in [-0.25, -0.2) is 0 Å². The summed E-state index contributed by atoms with van der Waals surface area (Å²) < 4.78 is 11.2. The molecule has 0 spiro atoms. The average molecular weight is 361 g/mol. The molecule has 1 saturated heterocycles. The number of aliphatic hydroxyl groups excluding tert-OH is 3. The molecule has 5 atom stereocenters. The number of hydrogen-bond donors (Lipinski definition) is 4. The topological polar surface area (TPSA) is 108 Å². The van der Waals surface area contributed by atoms with Gasteiger partial charge in [0.05, 0.1) is 6.61 Å². The minimum atomic E-state index is -1.27. The van der Waals surface area contributed by atoms with Gasteiger partial charge in [0.1, 0.15) is 24.4 Å². The predicted octanol–water partition coefficient (Wildman–Crippen LogP) is 1.09. The number of nitrogens with one attached hydrogen (secondary N) is 1. The van der Waals surface area contributed by atoms with Crippen molar-refractivity contribution in [3.05, 3.63) is 0 Å². The van der Waals surface area contributed by atoms with Crippen LogP contribution in [-0.4, -0.2) is 65.1 Å². The first kappa shape index (κ1) is 22.3. The van der Waals surface area contributed by atoms with Crippen LogP contribution in [0.2, 0.25) is 0 Å². The molecule has 0 aliphatic carbocycles. The van der Waals surface area contributed by atoms with Crippen molar-refractivity contribution in [3.63, 3.8) is 0 Å². The van der Waals surface area contributed by atoms with Crippen molar-refractivity contribution in [2.75, 3.05) is 13.2 Å². The summed E-state index contributed by atoms with van der Waals surface area (Å²) in [4.78, 5) is 11.3. The summed E-state index contributed by atoms with van der Waals surface area (Å²) in [6, 6.07) is -0.857. The zero-order chi connectivity index (χ0) is 18.7. The molecule has 1 rings (SSSR count). The molecule has 25 heavy (non-hydrogen) atoms. The highest BCUT2D eigenvalue weighted by molar-refractivity contribution is 5.73. The lowest BCUT2D eigenvalue weighted by Gasteiger charge is -2.42. The van der Waals surface area contributed by atoms with Crippen LogP contribution >= 0.6 is 0 Å². The summed E-state index contributed by atoms with van der Waals surface area (Å²) in [6.45, 7) is 3.54. The molecule has 1 aliphatic heterocycles. The van der Waals surface area contributed by atoms with Gasteiger partial charge < -0.3 is 30.1 Å².